The Balaban J connectivity index is 2.04. The molecule has 0 amide bonds. The summed E-state index contributed by atoms with van der Waals surface area (Å²) >= 11 is 0. The van der Waals surface area contributed by atoms with E-state index in [1.54, 1.807) is 18.2 Å². The van der Waals surface area contributed by atoms with Crippen molar-refractivity contribution in [3.8, 4) is 17.2 Å². The van der Waals surface area contributed by atoms with Gasteiger partial charge < -0.3 is 18.9 Å². The molecular weight excluding hydrogens is 348 g/mol. The highest BCUT2D eigenvalue weighted by Crippen LogP contribution is 2.38. The average molecular weight is 372 g/mol. The second-order valence-electron chi connectivity index (χ2n) is 6.11. The third-order valence-electron chi connectivity index (χ3n) is 4.12. The number of ether oxygens (including phenoxy) is 4. The van der Waals surface area contributed by atoms with Gasteiger partial charge in [-0.15, -0.1) is 0 Å². The van der Waals surface area contributed by atoms with Gasteiger partial charge in [0.05, 0.1) is 27.8 Å². The standard InChI is InChI=1S/C21H24O6/c1-13-6-7-16(14(2)8-13)17(22)12-27-20(23)11-15-9-18(24-3)21(26-5)19(10-15)25-4/h6-10H,11-12H2,1-5H3. The zero-order valence-electron chi connectivity index (χ0n) is 16.3. The predicted octanol–water partition coefficient (Wildman–Crippen LogP) is 3.30. The molecule has 6 nitrogen and oxygen atoms in total. The number of esters is 1. The minimum Gasteiger partial charge on any atom is -0.493 e. The van der Waals surface area contributed by atoms with Crippen LogP contribution in [0.15, 0.2) is 30.3 Å². The van der Waals surface area contributed by atoms with Gasteiger partial charge in [-0.25, -0.2) is 0 Å². The molecule has 0 fully saturated rings. The number of rotatable bonds is 8. The zero-order chi connectivity index (χ0) is 20.0. The smallest absolute Gasteiger partial charge is 0.310 e. The summed E-state index contributed by atoms with van der Waals surface area (Å²) in [7, 11) is 4.51. The molecule has 2 aromatic carbocycles. The highest BCUT2D eigenvalue weighted by Gasteiger charge is 2.17. The topological polar surface area (TPSA) is 71.1 Å². The van der Waals surface area contributed by atoms with Crippen LogP contribution in [0, 0.1) is 13.8 Å². The molecule has 0 unspecified atom stereocenters. The fraction of sp³-hybridized carbons (Fsp3) is 0.333. The second-order valence-corrected chi connectivity index (χ2v) is 6.11. The van der Waals surface area contributed by atoms with Crippen molar-refractivity contribution in [2.75, 3.05) is 27.9 Å². The SMILES string of the molecule is COc1cc(CC(=O)OCC(=O)c2ccc(C)cc2C)cc(OC)c1OC. The van der Waals surface area contributed by atoms with Gasteiger partial charge in [0.15, 0.2) is 18.1 Å². The maximum absolute atomic E-state index is 12.3. The number of carbonyl (C=O) groups is 2. The minimum absolute atomic E-state index is 0.0170. The molecule has 2 rings (SSSR count). The van der Waals surface area contributed by atoms with Crippen LogP contribution in [0.4, 0.5) is 0 Å². The van der Waals surface area contributed by atoms with E-state index >= 15 is 0 Å². The fourth-order valence-corrected chi connectivity index (χ4v) is 2.81. The highest BCUT2D eigenvalue weighted by molar-refractivity contribution is 5.99. The van der Waals surface area contributed by atoms with Crippen molar-refractivity contribution in [2.24, 2.45) is 0 Å². The summed E-state index contributed by atoms with van der Waals surface area (Å²) in [6.07, 6.45) is -0.0170. The van der Waals surface area contributed by atoms with E-state index in [1.807, 2.05) is 26.0 Å². The van der Waals surface area contributed by atoms with Crippen LogP contribution < -0.4 is 14.2 Å². The summed E-state index contributed by atoms with van der Waals surface area (Å²) in [4.78, 5) is 24.4. The fourth-order valence-electron chi connectivity index (χ4n) is 2.81. The van der Waals surface area contributed by atoms with Crippen LogP contribution in [-0.2, 0) is 16.0 Å². The van der Waals surface area contributed by atoms with Gasteiger partial charge in [-0.2, -0.15) is 0 Å². The Hall–Kier alpha value is -3.02. The van der Waals surface area contributed by atoms with Crippen molar-refractivity contribution in [1.82, 2.24) is 0 Å². The molecule has 0 aliphatic carbocycles. The van der Waals surface area contributed by atoms with Gasteiger partial charge in [0.2, 0.25) is 11.5 Å². The normalized spacial score (nSPS) is 10.3. The molecule has 6 heteroatoms. The molecule has 0 saturated carbocycles. The summed E-state index contributed by atoms with van der Waals surface area (Å²) in [6.45, 7) is 3.52. The summed E-state index contributed by atoms with van der Waals surface area (Å²) in [5, 5.41) is 0. The van der Waals surface area contributed by atoms with Crippen LogP contribution in [0.25, 0.3) is 0 Å². The van der Waals surface area contributed by atoms with E-state index in [1.165, 1.54) is 21.3 Å². The molecule has 0 aliphatic heterocycles. The Morgan fingerprint density at radius 1 is 0.889 bits per heavy atom. The lowest BCUT2D eigenvalue weighted by Crippen LogP contribution is -2.16. The molecule has 0 N–H and O–H groups in total. The van der Waals surface area contributed by atoms with Crippen LogP contribution in [0.3, 0.4) is 0 Å². The van der Waals surface area contributed by atoms with Gasteiger partial charge in [0.25, 0.3) is 0 Å². The van der Waals surface area contributed by atoms with Crippen molar-refractivity contribution in [2.45, 2.75) is 20.3 Å². The Morgan fingerprint density at radius 3 is 2.04 bits per heavy atom. The van der Waals surface area contributed by atoms with Gasteiger partial charge in [-0.05, 0) is 37.1 Å². The Labute approximate surface area is 159 Å². The maximum Gasteiger partial charge on any atom is 0.310 e. The average Bonchev–Trinajstić information content (AvgIpc) is 2.65. The first-order valence-electron chi connectivity index (χ1n) is 8.44. The van der Waals surface area contributed by atoms with Crippen molar-refractivity contribution in [3.05, 3.63) is 52.6 Å². The van der Waals surface area contributed by atoms with Gasteiger partial charge in [0, 0.05) is 5.56 Å². The number of aryl methyl sites for hydroxylation is 2. The van der Waals surface area contributed by atoms with Gasteiger partial charge in [0.1, 0.15) is 0 Å². The molecule has 0 saturated heterocycles. The molecule has 0 heterocycles. The molecule has 0 bridgehead atoms. The molecule has 0 aliphatic rings. The molecule has 2 aromatic rings. The van der Waals surface area contributed by atoms with E-state index in [0.717, 1.165) is 11.1 Å². The first-order valence-corrected chi connectivity index (χ1v) is 8.44. The van der Waals surface area contributed by atoms with Crippen molar-refractivity contribution in [1.29, 1.82) is 0 Å². The third-order valence-corrected chi connectivity index (χ3v) is 4.12. The maximum atomic E-state index is 12.3. The number of hydrogen-bond acceptors (Lipinski definition) is 6. The minimum atomic E-state index is -0.512. The first kappa shape index (κ1) is 20.3. The summed E-state index contributed by atoms with van der Waals surface area (Å²) in [5.41, 5.74) is 3.12. The van der Waals surface area contributed by atoms with Crippen molar-refractivity contribution in [3.63, 3.8) is 0 Å². The molecule has 0 spiro atoms. The molecular formula is C21H24O6. The van der Waals surface area contributed by atoms with Crippen LogP contribution in [0.5, 0.6) is 17.2 Å². The third kappa shape index (κ3) is 5.00. The highest BCUT2D eigenvalue weighted by atomic mass is 16.5. The predicted molar refractivity (Wildman–Crippen MR) is 101 cm³/mol. The number of benzene rings is 2. The molecule has 0 aromatic heterocycles. The number of hydrogen-bond donors (Lipinski definition) is 0. The van der Waals surface area contributed by atoms with Crippen LogP contribution >= 0.6 is 0 Å². The Morgan fingerprint density at radius 2 is 1.52 bits per heavy atom. The molecule has 27 heavy (non-hydrogen) atoms. The first-order chi connectivity index (χ1) is 12.9. The van der Waals surface area contributed by atoms with Crippen LogP contribution in [0.1, 0.15) is 27.0 Å². The van der Waals surface area contributed by atoms with Gasteiger partial charge in [-0.1, -0.05) is 23.8 Å². The summed E-state index contributed by atoms with van der Waals surface area (Å²) in [5.74, 6) is 0.604. The molecule has 0 radical (unpaired) electrons. The van der Waals surface area contributed by atoms with Crippen molar-refractivity contribution < 1.29 is 28.5 Å². The Kier molecular flexibility index (Phi) is 6.82. The summed E-state index contributed by atoms with van der Waals surface area (Å²) < 4.78 is 20.9. The lowest BCUT2D eigenvalue weighted by molar-refractivity contribution is -0.141. The monoisotopic (exact) mass is 372 g/mol. The lowest BCUT2D eigenvalue weighted by Gasteiger charge is -2.14. The largest absolute Gasteiger partial charge is 0.493 e. The van der Waals surface area contributed by atoms with Gasteiger partial charge in [-0.3, -0.25) is 9.59 Å². The lowest BCUT2D eigenvalue weighted by atomic mass is 10.0. The van der Waals surface area contributed by atoms with E-state index in [4.69, 9.17) is 18.9 Å². The number of Topliss-reactive ketones (excluding diaryl/α,β-unsaturated/α-hetero) is 1. The van der Waals surface area contributed by atoms with Crippen LogP contribution in [-0.4, -0.2) is 39.7 Å². The quantitative estimate of drug-likeness (QED) is 0.523. The molecule has 144 valence electrons. The van der Waals surface area contributed by atoms with E-state index in [-0.39, 0.29) is 18.8 Å². The van der Waals surface area contributed by atoms with E-state index in [2.05, 4.69) is 0 Å². The van der Waals surface area contributed by atoms with E-state index < -0.39 is 5.97 Å². The number of carbonyl (C=O) groups excluding carboxylic acids is 2. The second kappa shape index (κ2) is 9.07. The zero-order valence-corrected chi connectivity index (χ0v) is 16.3. The van der Waals surface area contributed by atoms with E-state index in [9.17, 15) is 9.59 Å². The van der Waals surface area contributed by atoms with E-state index in [0.29, 0.717) is 28.4 Å². The summed E-state index contributed by atoms with van der Waals surface area (Å²) in [6, 6.07) is 8.88. The number of ketones is 1. The number of methoxy groups -OCH3 is 3. The molecule has 0 atom stereocenters. The van der Waals surface area contributed by atoms with Crippen molar-refractivity contribution >= 4 is 11.8 Å². The van der Waals surface area contributed by atoms with Gasteiger partial charge >= 0.3 is 5.97 Å². The van der Waals surface area contributed by atoms with Crippen LogP contribution in [0.2, 0.25) is 0 Å². The Bertz CT molecular complexity index is 816.